The Morgan fingerprint density at radius 2 is 1.57 bits per heavy atom. The van der Waals surface area contributed by atoms with Crippen LogP contribution in [0, 0.1) is 0 Å². The van der Waals surface area contributed by atoms with E-state index in [0.717, 1.165) is 23.6 Å². The maximum absolute atomic E-state index is 12.6. The monoisotopic (exact) mass is 312 g/mol. The van der Waals surface area contributed by atoms with Gasteiger partial charge in [-0.15, -0.1) is 0 Å². The van der Waals surface area contributed by atoms with Gasteiger partial charge in [-0.25, -0.2) is 8.42 Å². The minimum atomic E-state index is -4.46. The molecule has 21 heavy (non-hydrogen) atoms. The molecule has 0 fully saturated rings. The molecule has 6 heteroatoms. The average molecular weight is 312 g/mol. The molecule has 0 aliphatic carbocycles. The Morgan fingerprint density at radius 3 is 2.19 bits per heavy atom. The van der Waals surface area contributed by atoms with Gasteiger partial charge in [-0.05, 0) is 35.9 Å². The molecule has 0 aliphatic heterocycles. The van der Waals surface area contributed by atoms with E-state index in [9.17, 15) is 21.6 Å². The topological polar surface area (TPSA) is 34.1 Å². The van der Waals surface area contributed by atoms with Gasteiger partial charge in [-0.1, -0.05) is 30.3 Å². The van der Waals surface area contributed by atoms with Crippen molar-refractivity contribution >= 4 is 15.9 Å². The van der Waals surface area contributed by atoms with Crippen LogP contribution >= 0.6 is 0 Å². The lowest BCUT2D eigenvalue weighted by Gasteiger charge is -2.06. The van der Waals surface area contributed by atoms with E-state index in [1.165, 1.54) is 24.3 Å². The summed E-state index contributed by atoms with van der Waals surface area (Å²) in [4.78, 5) is 0.0909. The number of alkyl halides is 3. The maximum Gasteiger partial charge on any atom is 0.416 e. The Balaban J connectivity index is 2.30. The van der Waals surface area contributed by atoms with E-state index < -0.39 is 21.6 Å². The second-order valence-electron chi connectivity index (χ2n) is 4.28. The zero-order valence-electron chi connectivity index (χ0n) is 10.7. The molecular formula is C15H11F3O2S. The lowest BCUT2D eigenvalue weighted by atomic mass is 10.1. The zero-order valence-corrected chi connectivity index (χ0v) is 11.5. The molecule has 0 amide bonds. The van der Waals surface area contributed by atoms with Crippen molar-refractivity contribution in [2.75, 3.05) is 0 Å². The predicted octanol–water partition coefficient (Wildman–Crippen LogP) is 4.15. The quantitative estimate of drug-likeness (QED) is 0.853. The van der Waals surface area contributed by atoms with E-state index in [4.69, 9.17) is 0 Å². The fourth-order valence-corrected chi connectivity index (χ4v) is 2.71. The molecule has 0 spiro atoms. The van der Waals surface area contributed by atoms with Crippen LogP contribution in [-0.2, 0) is 16.0 Å². The van der Waals surface area contributed by atoms with Crippen molar-refractivity contribution in [2.24, 2.45) is 0 Å². The van der Waals surface area contributed by atoms with Crippen molar-refractivity contribution in [1.29, 1.82) is 0 Å². The van der Waals surface area contributed by atoms with Gasteiger partial charge in [0.25, 0.3) is 0 Å². The van der Waals surface area contributed by atoms with Crippen LogP contribution in [0.15, 0.2) is 64.9 Å². The highest BCUT2D eigenvalue weighted by Crippen LogP contribution is 2.29. The molecule has 0 N–H and O–H groups in total. The molecule has 0 bridgehead atoms. The molecule has 2 aromatic carbocycles. The van der Waals surface area contributed by atoms with Gasteiger partial charge in [0.15, 0.2) is 9.84 Å². The minimum Gasteiger partial charge on any atom is -0.219 e. The first-order valence-corrected chi connectivity index (χ1v) is 7.49. The van der Waals surface area contributed by atoms with Gasteiger partial charge in [0.2, 0.25) is 0 Å². The Kier molecular flexibility index (Phi) is 4.18. The van der Waals surface area contributed by atoms with Crippen LogP contribution in [0.1, 0.15) is 11.1 Å². The standard InChI is InChI=1S/C15H11F3O2S/c16-15(17,18)13-6-4-5-12(11-13)9-10-21(19,20)14-7-2-1-3-8-14/h1-11H/b10-9+. The predicted molar refractivity (Wildman–Crippen MR) is 74.1 cm³/mol. The van der Waals surface area contributed by atoms with Crippen molar-refractivity contribution in [3.8, 4) is 0 Å². The molecule has 2 rings (SSSR count). The minimum absolute atomic E-state index is 0.0909. The second-order valence-corrected chi connectivity index (χ2v) is 6.12. The van der Waals surface area contributed by atoms with Gasteiger partial charge < -0.3 is 0 Å². The number of hydrogen-bond acceptors (Lipinski definition) is 2. The van der Waals surface area contributed by atoms with Crippen molar-refractivity contribution in [2.45, 2.75) is 11.1 Å². The van der Waals surface area contributed by atoms with Crippen LogP contribution in [0.25, 0.3) is 6.08 Å². The Bertz CT molecular complexity index is 748. The Labute approximate surface area is 120 Å². The van der Waals surface area contributed by atoms with Gasteiger partial charge in [-0.2, -0.15) is 13.2 Å². The van der Waals surface area contributed by atoms with E-state index >= 15 is 0 Å². The fourth-order valence-electron chi connectivity index (χ4n) is 1.68. The van der Waals surface area contributed by atoms with E-state index in [1.54, 1.807) is 18.2 Å². The van der Waals surface area contributed by atoms with Gasteiger partial charge in [-0.3, -0.25) is 0 Å². The molecule has 0 aromatic heterocycles. The first kappa shape index (κ1) is 15.3. The molecule has 2 nitrogen and oxygen atoms in total. The summed E-state index contributed by atoms with van der Waals surface area (Å²) < 4.78 is 61.7. The smallest absolute Gasteiger partial charge is 0.219 e. The highest BCUT2D eigenvalue weighted by atomic mass is 32.2. The average Bonchev–Trinajstić information content (AvgIpc) is 2.46. The number of benzene rings is 2. The van der Waals surface area contributed by atoms with Gasteiger partial charge in [0.05, 0.1) is 10.5 Å². The highest BCUT2D eigenvalue weighted by Gasteiger charge is 2.30. The maximum atomic E-state index is 12.6. The summed E-state index contributed by atoms with van der Waals surface area (Å²) >= 11 is 0. The molecule has 110 valence electrons. The molecule has 0 unspecified atom stereocenters. The summed E-state index contributed by atoms with van der Waals surface area (Å²) in [6, 6.07) is 12.1. The van der Waals surface area contributed by atoms with Crippen molar-refractivity contribution in [1.82, 2.24) is 0 Å². The van der Waals surface area contributed by atoms with Gasteiger partial charge in [0.1, 0.15) is 0 Å². The number of rotatable bonds is 3. The summed E-state index contributed by atoms with van der Waals surface area (Å²) in [5.74, 6) is 0. The third kappa shape index (κ3) is 3.95. The first-order valence-electron chi connectivity index (χ1n) is 5.94. The summed E-state index contributed by atoms with van der Waals surface area (Å²) in [5, 5.41) is 0.901. The summed E-state index contributed by atoms with van der Waals surface area (Å²) in [6.45, 7) is 0. The third-order valence-electron chi connectivity index (χ3n) is 2.73. The van der Waals surface area contributed by atoms with Crippen LogP contribution in [0.3, 0.4) is 0 Å². The number of hydrogen-bond donors (Lipinski definition) is 0. The number of sulfone groups is 1. The molecule has 0 atom stereocenters. The lowest BCUT2D eigenvalue weighted by Crippen LogP contribution is -2.04. The van der Waals surface area contributed by atoms with Crippen LogP contribution in [0.5, 0.6) is 0 Å². The second kappa shape index (κ2) is 5.73. The van der Waals surface area contributed by atoms with E-state index in [2.05, 4.69) is 0 Å². The number of halogens is 3. The molecule has 0 heterocycles. The van der Waals surface area contributed by atoms with Crippen LogP contribution < -0.4 is 0 Å². The van der Waals surface area contributed by atoms with Crippen LogP contribution in [0.2, 0.25) is 0 Å². The third-order valence-corrected chi connectivity index (χ3v) is 4.15. The summed E-state index contributed by atoms with van der Waals surface area (Å²) in [6.07, 6.45) is -3.31. The zero-order chi connectivity index (χ0) is 15.5. The van der Waals surface area contributed by atoms with Crippen LogP contribution in [-0.4, -0.2) is 8.42 Å². The van der Waals surface area contributed by atoms with Crippen molar-refractivity contribution in [3.05, 3.63) is 71.1 Å². The summed E-state index contributed by atoms with van der Waals surface area (Å²) in [5.41, 5.74) is -0.647. The van der Waals surface area contributed by atoms with Gasteiger partial charge >= 0.3 is 6.18 Å². The molecule has 0 aliphatic rings. The molecule has 2 aromatic rings. The van der Waals surface area contributed by atoms with E-state index in [-0.39, 0.29) is 10.5 Å². The van der Waals surface area contributed by atoms with E-state index in [1.807, 2.05) is 0 Å². The van der Waals surface area contributed by atoms with Gasteiger partial charge in [0, 0.05) is 5.41 Å². The van der Waals surface area contributed by atoms with Crippen LogP contribution in [0.4, 0.5) is 13.2 Å². The SMILES string of the molecule is O=S(=O)(/C=C/c1cccc(C(F)(F)F)c1)c1ccccc1. The fraction of sp³-hybridized carbons (Fsp3) is 0.0667. The first-order chi connectivity index (χ1) is 9.79. The summed E-state index contributed by atoms with van der Waals surface area (Å²) in [7, 11) is -3.67. The van der Waals surface area contributed by atoms with E-state index in [0.29, 0.717) is 0 Å². The van der Waals surface area contributed by atoms with Crippen molar-refractivity contribution < 1.29 is 21.6 Å². The molecule has 0 radical (unpaired) electrons. The Morgan fingerprint density at radius 1 is 0.905 bits per heavy atom. The lowest BCUT2D eigenvalue weighted by molar-refractivity contribution is -0.137. The Hall–Kier alpha value is -2.08. The molecular weight excluding hydrogens is 301 g/mol. The van der Waals surface area contributed by atoms with Crippen molar-refractivity contribution in [3.63, 3.8) is 0 Å². The largest absolute Gasteiger partial charge is 0.416 e. The molecule has 0 saturated heterocycles. The highest BCUT2D eigenvalue weighted by molar-refractivity contribution is 7.94. The normalized spacial score (nSPS) is 12.7. The molecule has 0 saturated carbocycles.